The van der Waals surface area contributed by atoms with Crippen LogP contribution < -0.4 is 15.6 Å². The monoisotopic (exact) mass is 618 g/mol. The van der Waals surface area contributed by atoms with Crippen molar-refractivity contribution in [3.63, 3.8) is 0 Å². The lowest BCUT2D eigenvalue weighted by molar-refractivity contribution is -0.118. The summed E-state index contributed by atoms with van der Waals surface area (Å²) >= 11 is 16.1. The number of nitrogens with zero attached hydrogens (tertiary/aromatic N) is 3. The lowest BCUT2D eigenvalue weighted by atomic mass is 9.95. The highest BCUT2D eigenvalue weighted by atomic mass is 79.9. The smallest absolute Gasteiger partial charge is 0.282 e. The second kappa shape index (κ2) is 11.2. The van der Waals surface area contributed by atoms with Crippen LogP contribution in [-0.4, -0.2) is 28.4 Å². The SMILES string of the molecule is CC(C)(C)c1nc2ccc(Br)cc2c(=O)n1N=Cc1cc(Cl)c(OCC(=O)Nc2ccc(F)cc2)c(Cl)c1. The minimum atomic E-state index is -0.473. The van der Waals surface area contributed by atoms with Gasteiger partial charge in [-0.2, -0.15) is 9.78 Å². The first-order chi connectivity index (χ1) is 17.9. The van der Waals surface area contributed by atoms with Gasteiger partial charge in [0.05, 0.1) is 27.2 Å². The fourth-order valence-corrected chi connectivity index (χ4v) is 4.50. The Hall–Kier alpha value is -3.27. The highest BCUT2D eigenvalue weighted by Gasteiger charge is 2.23. The van der Waals surface area contributed by atoms with Crippen molar-refractivity contribution in [2.75, 3.05) is 11.9 Å². The van der Waals surface area contributed by atoms with E-state index in [1.165, 1.54) is 35.2 Å². The molecule has 3 aromatic carbocycles. The van der Waals surface area contributed by atoms with E-state index < -0.39 is 17.1 Å². The summed E-state index contributed by atoms with van der Waals surface area (Å²) in [5.74, 6) is -0.285. The molecule has 0 aliphatic rings. The summed E-state index contributed by atoms with van der Waals surface area (Å²) in [7, 11) is 0. The van der Waals surface area contributed by atoms with E-state index in [1.807, 2.05) is 26.8 Å². The van der Waals surface area contributed by atoms with E-state index >= 15 is 0 Å². The number of fused-ring (bicyclic) bond motifs is 1. The van der Waals surface area contributed by atoms with Crippen LogP contribution in [0.1, 0.15) is 32.2 Å². The van der Waals surface area contributed by atoms with Gasteiger partial charge in [-0.25, -0.2) is 9.37 Å². The van der Waals surface area contributed by atoms with E-state index in [0.717, 1.165) is 4.47 Å². The number of carbonyl (C=O) groups is 1. The summed E-state index contributed by atoms with van der Waals surface area (Å²) in [6.07, 6.45) is 1.45. The number of amides is 1. The van der Waals surface area contributed by atoms with Crippen LogP contribution >= 0.6 is 39.1 Å². The molecule has 0 bridgehead atoms. The Morgan fingerprint density at radius 1 is 1.13 bits per heavy atom. The van der Waals surface area contributed by atoms with Gasteiger partial charge in [0, 0.05) is 15.6 Å². The first-order valence-electron chi connectivity index (χ1n) is 11.4. The van der Waals surface area contributed by atoms with Crippen molar-refractivity contribution in [2.45, 2.75) is 26.2 Å². The normalized spacial score (nSPS) is 11.8. The maximum Gasteiger partial charge on any atom is 0.282 e. The van der Waals surface area contributed by atoms with E-state index in [2.05, 4.69) is 31.3 Å². The van der Waals surface area contributed by atoms with Gasteiger partial charge in [0.1, 0.15) is 11.6 Å². The van der Waals surface area contributed by atoms with Gasteiger partial charge in [-0.15, -0.1) is 0 Å². The Balaban J connectivity index is 1.58. The number of aromatic nitrogens is 2. The van der Waals surface area contributed by atoms with Crippen LogP contribution in [0.15, 0.2) is 69.0 Å². The zero-order valence-corrected chi connectivity index (χ0v) is 23.7. The zero-order chi connectivity index (χ0) is 27.6. The van der Waals surface area contributed by atoms with Crippen LogP contribution in [0.4, 0.5) is 10.1 Å². The van der Waals surface area contributed by atoms with Crippen LogP contribution in [0.25, 0.3) is 10.9 Å². The van der Waals surface area contributed by atoms with Crippen molar-refractivity contribution < 1.29 is 13.9 Å². The quantitative estimate of drug-likeness (QED) is 0.241. The van der Waals surface area contributed by atoms with Crippen molar-refractivity contribution in [1.82, 2.24) is 9.66 Å². The molecule has 1 amide bonds. The van der Waals surface area contributed by atoms with Crippen molar-refractivity contribution >= 4 is 67.8 Å². The van der Waals surface area contributed by atoms with Crippen LogP contribution in [0, 0.1) is 5.82 Å². The topological polar surface area (TPSA) is 85.6 Å². The molecule has 196 valence electrons. The number of rotatable bonds is 6. The van der Waals surface area contributed by atoms with Crippen molar-refractivity contribution in [2.24, 2.45) is 5.10 Å². The fourth-order valence-electron chi connectivity index (χ4n) is 3.53. The summed E-state index contributed by atoms with van der Waals surface area (Å²) in [5.41, 5.74) is 0.708. The molecule has 0 aliphatic heterocycles. The van der Waals surface area contributed by atoms with E-state index in [0.29, 0.717) is 28.0 Å². The van der Waals surface area contributed by atoms with Crippen molar-refractivity contribution in [1.29, 1.82) is 0 Å². The van der Waals surface area contributed by atoms with E-state index in [1.54, 1.807) is 24.3 Å². The minimum absolute atomic E-state index is 0.115. The molecule has 4 rings (SSSR count). The number of nitrogens with one attached hydrogen (secondary N) is 1. The molecule has 0 fully saturated rings. The first-order valence-corrected chi connectivity index (χ1v) is 12.9. The lowest BCUT2D eigenvalue weighted by Crippen LogP contribution is -2.29. The van der Waals surface area contributed by atoms with Crippen molar-refractivity contribution in [3.05, 3.63) is 96.7 Å². The highest BCUT2D eigenvalue weighted by molar-refractivity contribution is 9.10. The summed E-state index contributed by atoms with van der Waals surface area (Å²) < 4.78 is 20.6. The Kier molecular flexibility index (Phi) is 8.20. The first kappa shape index (κ1) is 27.8. The van der Waals surface area contributed by atoms with Gasteiger partial charge in [-0.05, 0) is 60.2 Å². The van der Waals surface area contributed by atoms with Gasteiger partial charge in [-0.1, -0.05) is 59.9 Å². The van der Waals surface area contributed by atoms with Crippen LogP contribution in [-0.2, 0) is 10.2 Å². The largest absolute Gasteiger partial charge is 0.481 e. The molecule has 7 nitrogen and oxygen atoms in total. The maximum absolute atomic E-state index is 13.3. The summed E-state index contributed by atoms with van der Waals surface area (Å²) in [6, 6.07) is 13.7. The molecule has 0 atom stereocenters. The molecule has 11 heteroatoms. The number of hydrogen-bond acceptors (Lipinski definition) is 5. The van der Waals surface area contributed by atoms with Gasteiger partial charge in [-0.3, -0.25) is 9.59 Å². The molecule has 1 aromatic heterocycles. The summed E-state index contributed by atoms with van der Waals surface area (Å²) in [6.45, 7) is 5.46. The van der Waals surface area contributed by atoms with Gasteiger partial charge in [0.25, 0.3) is 11.5 Å². The Labute approximate surface area is 236 Å². The second-order valence-electron chi connectivity index (χ2n) is 9.37. The molecule has 0 spiro atoms. The molecule has 0 aliphatic carbocycles. The minimum Gasteiger partial charge on any atom is -0.481 e. The fraction of sp³-hybridized carbons (Fsp3) is 0.185. The molecule has 1 heterocycles. The molecule has 0 radical (unpaired) electrons. The number of ether oxygens (including phenoxy) is 1. The van der Waals surface area contributed by atoms with Crippen LogP contribution in [0.2, 0.25) is 10.0 Å². The predicted octanol–water partition coefficient (Wildman–Crippen LogP) is 6.80. The molecule has 38 heavy (non-hydrogen) atoms. The molecule has 0 saturated heterocycles. The zero-order valence-electron chi connectivity index (χ0n) is 20.6. The third kappa shape index (κ3) is 6.40. The average Bonchev–Trinajstić information content (AvgIpc) is 2.84. The van der Waals surface area contributed by atoms with E-state index in [4.69, 9.17) is 27.9 Å². The van der Waals surface area contributed by atoms with Gasteiger partial charge >= 0.3 is 0 Å². The summed E-state index contributed by atoms with van der Waals surface area (Å²) in [5, 5.41) is 7.72. The summed E-state index contributed by atoms with van der Waals surface area (Å²) in [4.78, 5) is 30.2. The molecular formula is C27H22BrCl2FN4O3. The number of hydrogen-bond donors (Lipinski definition) is 1. The lowest BCUT2D eigenvalue weighted by Gasteiger charge is -2.20. The Bertz CT molecular complexity index is 1590. The Morgan fingerprint density at radius 3 is 2.42 bits per heavy atom. The number of benzene rings is 3. The predicted molar refractivity (Wildman–Crippen MR) is 152 cm³/mol. The van der Waals surface area contributed by atoms with Gasteiger partial charge in [0.2, 0.25) is 0 Å². The van der Waals surface area contributed by atoms with Crippen LogP contribution in [0.3, 0.4) is 0 Å². The number of halogens is 4. The molecular weight excluding hydrogens is 598 g/mol. The third-order valence-corrected chi connectivity index (χ3v) is 6.35. The van der Waals surface area contributed by atoms with E-state index in [9.17, 15) is 14.0 Å². The second-order valence-corrected chi connectivity index (χ2v) is 11.1. The molecule has 0 unspecified atom stereocenters. The van der Waals surface area contributed by atoms with Crippen LogP contribution in [0.5, 0.6) is 5.75 Å². The number of carbonyl (C=O) groups excluding carboxylic acids is 1. The van der Waals surface area contributed by atoms with Gasteiger partial charge < -0.3 is 10.1 Å². The third-order valence-electron chi connectivity index (χ3n) is 5.30. The molecule has 0 saturated carbocycles. The van der Waals surface area contributed by atoms with E-state index in [-0.39, 0.29) is 28.0 Å². The van der Waals surface area contributed by atoms with Crippen molar-refractivity contribution in [3.8, 4) is 5.75 Å². The average molecular weight is 620 g/mol. The van der Waals surface area contributed by atoms with Gasteiger partial charge in [0.15, 0.2) is 12.4 Å². The molecule has 4 aromatic rings. The number of anilines is 1. The Morgan fingerprint density at radius 2 is 1.79 bits per heavy atom. The highest BCUT2D eigenvalue weighted by Crippen LogP contribution is 2.34. The maximum atomic E-state index is 13.3. The molecule has 1 N–H and O–H groups in total. The standard InChI is InChI=1S/C27H22BrCl2FN4O3/c1-27(2,3)26-34-22-9-4-16(28)12-19(22)25(37)35(26)32-13-15-10-20(29)24(21(30)11-15)38-14-23(36)33-18-7-5-17(31)6-8-18/h4-13H,14H2,1-3H3,(H,33,36).